The first kappa shape index (κ1) is 30.1. The van der Waals surface area contributed by atoms with E-state index in [-0.39, 0.29) is 6.10 Å². The van der Waals surface area contributed by atoms with Crippen LogP contribution in [0.25, 0.3) is 0 Å². The Kier molecular flexibility index (Phi) is 16.5. The van der Waals surface area contributed by atoms with Crippen molar-refractivity contribution in [1.82, 2.24) is 0 Å². The first-order valence-corrected chi connectivity index (χ1v) is 15.3. The number of phosphoric ester groups is 1. The van der Waals surface area contributed by atoms with E-state index in [4.69, 9.17) is 4.52 Å². The van der Waals surface area contributed by atoms with E-state index >= 15 is 0 Å². The van der Waals surface area contributed by atoms with Gasteiger partial charge < -0.3 is 14.3 Å². The molecule has 0 bridgehead atoms. The molecule has 0 heterocycles. The van der Waals surface area contributed by atoms with E-state index in [2.05, 4.69) is 21.0 Å². The van der Waals surface area contributed by atoms with Crippen molar-refractivity contribution < 1.29 is 23.4 Å². The van der Waals surface area contributed by atoms with Crippen molar-refractivity contribution in [3.63, 3.8) is 0 Å². The predicted octanol–water partition coefficient (Wildman–Crippen LogP) is 7.74. The first-order chi connectivity index (χ1) is 15.2. The van der Waals surface area contributed by atoms with E-state index in [0.29, 0.717) is 12.6 Å². The summed E-state index contributed by atoms with van der Waals surface area (Å²) in [5.74, 6) is 0. The molecule has 0 aromatic rings. The number of hydrogen-bond donors (Lipinski definition) is 2. The molecule has 0 amide bonds. The zero-order valence-corrected chi connectivity index (χ0v) is 22.5. The van der Waals surface area contributed by atoms with Crippen molar-refractivity contribution in [2.75, 3.05) is 20.6 Å². The Morgan fingerprint density at radius 2 is 1.19 bits per heavy atom. The summed E-state index contributed by atoms with van der Waals surface area (Å²) in [5, 5.41) is 0. The molecule has 0 aromatic carbocycles. The third-order valence-corrected chi connectivity index (χ3v) is 7.98. The van der Waals surface area contributed by atoms with Crippen LogP contribution in [0.4, 0.5) is 0 Å². The number of nitrogens with zero attached hydrogens (tertiary/aromatic N) is 1. The Hall–Kier alpha value is 0.0700. The van der Waals surface area contributed by atoms with Crippen molar-refractivity contribution in [3.8, 4) is 0 Å². The van der Waals surface area contributed by atoms with E-state index in [9.17, 15) is 14.4 Å². The number of hydrogen-bond acceptors (Lipinski definition) is 2. The second-order valence-corrected chi connectivity index (χ2v) is 12.0. The Morgan fingerprint density at radius 3 is 1.53 bits per heavy atom. The van der Waals surface area contributed by atoms with Crippen molar-refractivity contribution in [2.45, 2.75) is 147 Å². The van der Waals surface area contributed by atoms with Crippen LogP contribution >= 0.6 is 7.82 Å². The van der Waals surface area contributed by atoms with Gasteiger partial charge in [0.05, 0.1) is 20.1 Å². The molecule has 32 heavy (non-hydrogen) atoms. The summed E-state index contributed by atoms with van der Waals surface area (Å²) in [4.78, 5) is 18.6. The van der Waals surface area contributed by atoms with Gasteiger partial charge in [0.15, 0.2) is 0 Å². The molecule has 1 aliphatic carbocycles. The SMILES string of the molecule is CCCCCCCCCCCCCCCCCCC(C[N+](C)(C)C1CCC1)OP(=O)(O)O. The highest BCUT2D eigenvalue weighted by atomic mass is 31.2. The van der Waals surface area contributed by atoms with E-state index in [1.807, 2.05) is 0 Å². The van der Waals surface area contributed by atoms with Crippen LogP contribution in [-0.4, -0.2) is 47.1 Å². The van der Waals surface area contributed by atoms with Gasteiger partial charge >= 0.3 is 7.82 Å². The molecule has 0 spiro atoms. The van der Waals surface area contributed by atoms with Gasteiger partial charge in [0.1, 0.15) is 12.6 Å². The highest BCUT2D eigenvalue weighted by Gasteiger charge is 2.37. The minimum Gasteiger partial charge on any atom is -0.324 e. The molecule has 6 heteroatoms. The maximum atomic E-state index is 11.4. The van der Waals surface area contributed by atoms with Gasteiger partial charge in [-0.05, 0) is 25.7 Å². The van der Waals surface area contributed by atoms with Gasteiger partial charge in [0, 0.05) is 0 Å². The number of quaternary nitrogens is 1. The maximum Gasteiger partial charge on any atom is 0.470 e. The molecule has 0 aromatic heterocycles. The molecule has 1 fully saturated rings. The van der Waals surface area contributed by atoms with Gasteiger partial charge in [0.25, 0.3) is 0 Å². The summed E-state index contributed by atoms with van der Waals surface area (Å²) in [6, 6.07) is 0.615. The van der Waals surface area contributed by atoms with Gasteiger partial charge in [-0.3, -0.25) is 4.52 Å². The monoisotopic (exact) mass is 476 g/mol. The zero-order chi connectivity index (χ0) is 23.7. The van der Waals surface area contributed by atoms with E-state index < -0.39 is 7.82 Å². The lowest BCUT2D eigenvalue weighted by Crippen LogP contribution is -2.55. The highest BCUT2D eigenvalue weighted by molar-refractivity contribution is 7.46. The fraction of sp³-hybridized carbons (Fsp3) is 1.00. The fourth-order valence-electron chi connectivity index (χ4n) is 5.05. The van der Waals surface area contributed by atoms with Crippen molar-refractivity contribution >= 4 is 7.82 Å². The van der Waals surface area contributed by atoms with Crippen LogP contribution in [0.5, 0.6) is 0 Å². The lowest BCUT2D eigenvalue weighted by atomic mass is 9.89. The van der Waals surface area contributed by atoms with Crippen LogP contribution in [0.3, 0.4) is 0 Å². The largest absolute Gasteiger partial charge is 0.470 e. The maximum absolute atomic E-state index is 11.4. The van der Waals surface area contributed by atoms with Gasteiger partial charge in [-0.2, -0.15) is 0 Å². The van der Waals surface area contributed by atoms with Crippen LogP contribution in [0.2, 0.25) is 0 Å². The highest BCUT2D eigenvalue weighted by Crippen LogP contribution is 2.40. The summed E-state index contributed by atoms with van der Waals surface area (Å²) in [5.41, 5.74) is 0. The Labute approximate surface area is 199 Å². The number of likely N-dealkylation sites (N-methyl/N-ethyl adjacent to an activating group) is 1. The van der Waals surface area contributed by atoms with E-state index in [1.54, 1.807) is 0 Å². The number of rotatable bonds is 22. The second-order valence-electron chi connectivity index (χ2n) is 10.9. The molecule has 0 radical (unpaired) electrons. The van der Waals surface area contributed by atoms with Gasteiger partial charge in [-0.25, -0.2) is 4.57 Å². The summed E-state index contributed by atoms with van der Waals surface area (Å²) in [6.07, 6.45) is 25.5. The van der Waals surface area contributed by atoms with Crippen LogP contribution in [0.1, 0.15) is 135 Å². The molecule has 1 unspecified atom stereocenters. The predicted molar refractivity (Wildman–Crippen MR) is 136 cm³/mol. The lowest BCUT2D eigenvalue weighted by Gasteiger charge is -2.44. The van der Waals surface area contributed by atoms with E-state index in [1.165, 1.54) is 109 Å². The third kappa shape index (κ3) is 15.8. The molecular weight excluding hydrogens is 421 g/mol. The lowest BCUT2D eigenvalue weighted by molar-refractivity contribution is -0.923. The molecule has 1 aliphatic rings. The Bertz CT molecular complexity index is 490. The van der Waals surface area contributed by atoms with Crippen molar-refractivity contribution in [2.24, 2.45) is 0 Å². The molecule has 1 atom stereocenters. The normalized spacial score (nSPS) is 16.3. The minimum atomic E-state index is -4.43. The van der Waals surface area contributed by atoms with Crippen LogP contribution in [0.15, 0.2) is 0 Å². The third-order valence-electron chi connectivity index (χ3n) is 7.40. The second kappa shape index (κ2) is 17.5. The molecule has 5 nitrogen and oxygen atoms in total. The quantitative estimate of drug-likeness (QED) is 0.0952. The zero-order valence-electron chi connectivity index (χ0n) is 21.6. The van der Waals surface area contributed by atoms with Gasteiger partial charge in [-0.1, -0.05) is 110 Å². The van der Waals surface area contributed by atoms with E-state index in [0.717, 1.165) is 23.7 Å². The minimum absolute atomic E-state index is 0.349. The summed E-state index contributed by atoms with van der Waals surface area (Å²) in [7, 11) is -0.0817. The van der Waals surface area contributed by atoms with Gasteiger partial charge in [0.2, 0.25) is 0 Å². The van der Waals surface area contributed by atoms with Crippen LogP contribution in [-0.2, 0) is 9.09 Å². The van der Waals surface area contributed by atoms with Crippen LogP contribution < -0.4 is 0 Å². The molecule has 192 valence electrons. The average Bonchev–Trinajstić information content (AvgIpc) is 2.64. The summed E-state index contributed by atoms with van der Waals surface area (Å²) < 4.78 is 17.4. The van der Waals surface area contributed by atoms with Gasteiger partial charge in [-0.15, -0.1) is 0 Å². The topological polar surface area (TPSA) is 66.8 Å². The van der Waals surface area contributed by atoms with Crippen molar-refractivity contribution in [1.29, 1.82) is 0 Å². The number of unbranched alkanes of at least 4 members (excludes halogenated alkanes) is 15. The average molecular weight is 477 g/mol. The smallest absolute Gasteiger partial charge is 0.324 e. The molecule has 0 aliphatic heterocycles. The molecular formula is C26H55NO4P+. The van der Waals surface area contributed by atoms with Crippen LogP contribution in [0, 0.1) is 0 Å². The standard InChI is InChI=1S/C26H54NO4P/c1-4-5-6-7-8-9-10-11-12-13-14-15-16-17-18-19-23-26(31-32(28,29)30)24-27(2,3)25-21-20-22-25/h25-26H,4-24H2,1-3H3,(H-,28,29,30)/p+1. The Balaban J connectivity index is 2.00. The first-order valence-electron chi connectivity index (χ1n) is 13.8. The Morgan fingerprint density at radius 1 is 0.781 bits per heavy atom. The molecule has 1 saturated carbocycles. The molecule has 2 N–H and O–H groups in total. The van der Waals surface area contributed by atoms with Crippen molar-refractivity contribution in [3.05, 3.63) is 0 Å². The number of phosphoric acid groups is 1. The fourth-order valence-corrected chi connectivity index (χ4v) is 5.61. The summed E-state index contributed by atoms with van der Waals surface area (Å²) in [6.45, 7) is 2.96. The summed E-state index contributed by atoms with van der Waals surface area (Å²) >= 11 is 0. The molecule has 1 rings (SSSR count). The molecule has 0 saturated heterocycles.